The van der Waals surface area contributed by atoms with Gasteiger partial charge < -0.3 is 15.7 Å². The number of anilines is 1. The summed E-state index contributed by atoms with van der Waals surface area (Å²) in [4.78, 5) is 37.2. The van der Waals surface area contributed by atoms with Crippen molar-refractivity contribution < 1.29 is 19.5 Å². The highest BCUT2D eigenvalue weighted by Gasteiger charge is 2.21. The number of hydrogen-bond donors (Lipinski definition) is 3. The second-order valence-electron chi connectivity index (χ2n) is 3.49. The van der Waals surface area contributed by atoms with Crippen molar-refractivity contribution in [3.8, 4) is 12.3 Å². The zero-order valence-corrected chi connectivity index (χ0v) is 10.8. The van der Waals surface area contributed by atoms with E-state index in [9.17, 15) is 14.4 Å². The van der Waals surface area contributed by atoms with Crippen LogP contribution < -0.4 is 10.6 Å². The van der Waals surface area contributed by atoms with Crippen molar-refractivity contribution in [3.05, 3.63) is 11.1 Å². The molecule has 1 aromatic rings. The van der Waals surface area contributed by atoms with Crippen LogP contribution in [0.25, 0.3) is 0 Å². The molecule has 0 radical (unpaired) electrons. The van der Waals surface area contributed by atoms with Crippen LogP contribution >= 0.6 is 11.3 Å². The van der Waals surface area contributed by atoms with Crippen molar-refractivity contribution in [1.29, 1.82) is 0 Å². The first-order chi connectivity index (χ1) is 8.93. The molecule has 19 heavy (non-hydrogen) atoms. The lowest BCUT2D eigenvalue weighted by Crippen LogP contribution is -2.40. The molecular weight excluding hydrogens is 270 g/mol. The molecule has 1 aromatic heterocycles. The van der Waals surface area contributed by atoms with Gasteiger partial charge >= 0.3 is 5.97 Å². The molecule has 1 rings (SSSR count). The lowest BCUT2D eigenvalue weighted by Gasteiger charge is -2.10. The molecule has 1 atom stereocenters. The third kappa shape index (κ3) is 4.40. The fraction of sp³-hybridized carbons (Fsp3) is 0.273. The Balaban J connectivity index is 2.72. The third-order valence-electron chi connectivity index (χ3n) is 1.95. The number of terminal acetylenes is 1. The first kappa shape index (κ1) is 14.7. The number of carboxylic acids is 1. The van der Waals surface area contributed by atoms with E-state index in [1.807, 2.05) is 0 Å². The highest BCUT2D eigenvalue weighted by Crippen LogP contribution is 2.15. The summed E-state index contributed by atoms with van der Waals surface area (Å²) in [5.74, 6) is -0.0172. The number of carbonyl (C=O) groups excluding carboxylic acids is 2. The minimum atomic E-state index is -1.22. The predicted octanol–water partition coefficient (Wildman–Crippen LogP) is 0.308. The molecule has 0 aliphatic heterocycles. The summed E-state index contributed by atoms with van der Waals surface area (Å²) in [6.45, 7) is 1.31. The maximum Gasteiger partial charge on any atom is 0.327 e. The maximum absolute atomic E-state index is 11.7. The molecule has 0 aliphatic rings. The van der Waals surface area contributed by atoms with Crippen LogP contribution in [0.4, 0.5) is 5.13 Å². The Kier molecular flexibility index (Phi) is 5.02. The number of nitrogens with one attached hydrogen (secondary N) is 2. The molecule has 1 heterocycles. The number of rotatable bonds is 5. The van der Waals surface area contributed by atoms with Gasteiger partial charge in [-0.3, -0.25) is 9.59 Å². The summed E-state index contributed by atoms with van der Waals surface area (Å²) in [7, 11) is 0. The van der Waals surface area contributed by atoms with Gasteiger partial charge in [0.1, 0.15) is 11.7 Å². The van der Waals surface area contributed by atoms with E-state index in [0.29, 0.717) is 0 Å². The van der Waals surface area contributed by atoms with Crippen LogP contribution in [0.2, 0.25) is 0 Å². The summed E-state index contributed by atoms with van der Waals surface area (Å²) < 4.78 is 0. The minimum Gasteiger partial charge on any atom is -0.480 e. The molecule has 3 N–H and O–H groups in total. The van der Waals surface area contributed by atoms with Crippen molar-refractivity contribution in [2.45, 2.75) is 19.4 Å². The van der Waals surface area contributed by atoms with E-state index < -0.39 is 17.9 Å². The second kappa shape index (κ2) is 6.51. The first-order valence-corrected chi connectivity index (χ1v) is 6.02. The SMILES string of the molecule is C#CCC(NC(=O)c1csc(NC(C)=O)n1)C(=O)O. The zero-order chi connectivity index (χ0) is 14.4. The Hall–Kier alpha value is -2.40. The molecule has 0 aliphatic carbocycles. The van der Waals surface area contributed by atoms with E-state index in [4.69, 9.17) is 11.5 Å². The Morgan fingerprint density at radius 2 is 2.26 bits per heavy atom. The van der Waals surface area contributed by atoms with Crippen LogP contribution in [0.3, 0.4) is 0 Å². The molecule has 0 spiro atoms. The molecule has 1 unspecified atom stereocenters. The van der Waals surface area contributed by atoms with Crippen LogP contribution in [0, 0.1) is 12.3 Å². The van der Waals surface area contributed by atoms with Crippen LogP contribution in [0.5, 0.6) is 0 Å². The van der Waals surface area contributed by atoms with Gasteiger partial charge in [0.25, 0.3) is 5.91 Å². The van der Waals surface area contributed by atoms with Gasteiger partial charge in [-0.1, -0.05) is 0 Å². The molecule has 100 valence electrons. The second-order valence-corrected chi connectivity index (χ2v) is 4.35. The molecule has 0 aromatic carbocycles. The Labute approximate surface area is 113 Å². The lowest BCUT2D eigenvalue weighted by atomic mass is 10.2. The number of carboxylic acid groups (broad SMARTS) is 1. The maximum atomic E-state index is 11.7. The van der Waals surface area contributed by atoms with E-state index in [-0.39, 0.29) is 23.2 Å². The van der Waals surface area contributed by atoms with E-state index in [0.717, 1.165) is 11.3 Å². The van der Waals surface area contributed by atoms with Gasteiger partial charge in [0, 0.05) is 18.7 Å². The molecule has 0 bridgehead atoms. The Morgan fingerprint density at radius 1 is 1.58 bits per heavy atom. The highest BCUT2D eigenvalue weighted by atomic mass is 32.1. The van der Waals surface area contributed by atoms with Crippen molar-refractivity contribution in [2.24, 2.45) is 0 Å². The van der Waals surface area contributed by atoms with E-state index in [2.05, 4.69) is 21.5 Å². The largest absolute Gasteiger partial charge is 0.480 e. The first-order valence-electron chi connectivity index (χ1n) is 5.14. The number of carbonyl (C=O) groups is 3. The van der Waals surface area contributed by atoms with Gasteiger partial charge in [0.15, 0.2) is 5.13 Å². The van der Waals surface area contributed by atoms with Crippen LogP contribution in [-0.4, -0.2) is 33.9 Å². The molecule has 0 saturated heterocycles. The average molecular weight is 281 g/mol. The monoisotopic (exact) mass is 281 g/mol. The van der Waals surface area contributed by atoms with Gasteiger partial charge in [-0.15, -0.1) is 23.7 Å². The van der Waals surface area contributed by atoms with E-state index in [1.54, 1.807) is 0 Å². The van der Waals surface area contributed by atoms with Gasteiger partial charge in [0.05, 0.1) is 0 Å². The molecular formula is C11H11N3O4S. The normalized spacial score (nSPS) is 11.2. The molecule has 8 heteroatoms. The predicted molar refractivity (Wildman–Crippen MR) is 68.8 cm³/mol. The van der Waals surface area contributed by atoms with E-state index in [1.165, 1.54) is 12.3 Å². The molecule has 0 fully saturated rings. The number of aromatic nitrogens is 1. The number of nitrogens with zero attached hydrogens (tertiary/aromatic N) is 1. The fourth-order valence-electron chi connectivity index (χ4n) is 1.14. The zero-order valence-electron chi connectivity index (χ0n) is 9.97. The third-order valence-corrected chi connectivity index (χ3v) is 2.70. The summed E-state index contributed by atoms with van der Waals surface area (Å²) in [5.41, 5.74) is 0.0250. The molecule has 2 amide bonds. The standard InChI is InChI=1S/C11H11N3O4S/c1-3-4-7(10(17)18)13-9(16)8-5-19-11(14-8)12-6(2)15/h1,5,7H,4H2,2H3,(H,13,16)(H,17,18)(H,12,14,15). The van der Waals surface area contributed by atoms with Crippen molar-refractivity contribution in [3.63, 3.8) is 0 Å². The lowest BCUT2D eigenvalue weighted by molar-refractivity contribution is -0.139. The van der Waals surface area contributed by atoms with Gasteiger partial charge in [-0.2, -0.15) is 0 Å². The van der Waals surface area contributed by atoms with Gasteiger partial charge in [-0.05, 0) is 0 Å². The summed E-state index contributed by atoms with van der Waals surface area (Å²) in [6, 6.07) is -1.16. The van der Waals surface area contributed by atoms with Crippen molar-refractivity contribution in [1.82, 2.24) is 10.3 Å². The summed E-state index contributed by atoms with van der Waals surface area (Å²) >= 11 is 1.06. The van der Waals surface area contributed by atoms with Crippen molar-refractivity contribution >= 4 is 34.3 Å². The average Bonchev–Trinajstić information content (AvgIpc) is 2.75. The minimum absolute atomic E-state index is 0.0250. The van der Waals surface area contributed by atoms with Gasteiger partial charge in [0.2, 0.25) is 5.91 Å². The number of aliphatic carboxylic acids is 1. The topological polar surface area (TPSA) is 108 Å². The Morgan fingerprint density at radius 3 is 2.79 bits per heavy atom. The van der Waals surface area contributed by atoms with Crippen LogP contribution in [-0.2, 0) is 9.59 Å². The summed E-state index contributed by atoms with van der Waals surface area (Å²) in [5, 5.41) is 15.2. The van der Waals surface area contributed by atoms with Crippen LogP contribution in [0.1, 0.15) is 23.8 Å². The summed E-state index contributed by atoms with van der Waals surface area (Å²) in [6.07, 6.45) is 4.89. The number of hydrogen-bond acceptors (Lipinski definition) is 5. The quantitative estimate of drug-likeness (QED) is 0.673. The fourth-order valence-corrected chi connectivity index (χ4v) is 1.87. The Bertz CT molecular complexity index is 546. The van der Waals surface area contributed by atoms with Gasteiger partial charge in [-0.25, -0.2) is 9.78 Å². The highest BCUT2D eigenvalue weighted by molar-refractivity contribution is 7.14. The molecule has 7 nitrogen and oxygen atoms in total. The van der Waals surface area contributed by atoms with Crippen molar-refractivity contribution in [2.75, 3.05) is 5.32 Å². The number of thiazole rings is 1. The molecule has 0 saturated carbocycles. The smallest absolute Gasteiger partial charge is 0.327 e. The number of amides is 2. The van der Waals surface area contributed by atoms with E-state index >= 15 is 0 Å². The van der Waals surface area contributed by atoms with Crippen LogP contribution in [0.15, 0.2) is 5.38 Å².